The minimum absolute atomic E-state index is 0.291. The number of rotatable bonds is 6. The van der Waals surface area contributed by atoms with Crippen molar-refractivity contribution in [1.82, 2.24) is 5.32 Å². The first kappa shape index (κ1) is 21.4. The minimum atomic E-state index is -1.09. The molecule has 0 unspecified atom stereocenters. The van der Waals surface area contributed by atoms with Crippen LogP contribution in [0.5, 0.6) is 11.5 Å². The molecule has 3 atom stereocenters. The third-order valence-electron chi connectivity index (χ3n) is 5.93. The number of esters is 1. The molecule has 2 aromatic carbocycles. The monoisotopic (exact) mass is 440 g/mol. The van der Waals surface area contributed by atoms with Crippen molar-refractivity contribution in [3.05, 3.63) is 53.6 Å². The van der Waals surface area contributed by atoms with E-state index in [0.717, 1.165) is 17.7 Å². The van der Waals surface area contributed by atoms with Gasteiger partial charge in [0, 0.05) is 11.3 Å². The van der Waals surface area contributed by atoms with Crippen LogP contribution in [0.3, 0.4) is 0 Å². The summed E-state index contributed by atoms with van der Waals surface area (Å²) >= 11 is 5.77. The highest BCUT2D eigenvalue weighted by Gasteiger charge is 2.60. The van der Waals surface area contributed by atoms with Gasteiger partial charge in [-0.15, -0.1) is 0 Å². The second-order valence-electron chi connectivity index (χ2n) is 7.78. The van der Waals surface area contributed by atoms with Gasteiger partial charge < -0.3 is 19.5 Å². The number of nitrogens with zero attached hydrogens (tertiary/aromatic N) is 1. The van der Waals surface area contributed by atoms with Crippen LogP contribution in [0.15, 0.2) is 42.5 Å². The molecule has 0 spiro atoms. The molecule has 1 fully saturated rings. The Kier molecular flexibility index (Phi) is 5.79. The van der Waals surface area contributed by atoms with Crippen molar-refractivity contribution in [2.45, 2.75) is 45.9 Å². The van der Waals surface area contributed by atoms with Crippen molar-refractivity contribution in [2.75, 3.05) is 18.1 Å². The highest BCUT2D eigenvalue weighted by Crippen LogP contribution is 2.52. The molecule has 7 heteroatoms. The number of hydrogen-bond acceptors (Lipinski definition) is 5. The first-order valence-corrected chi connectivity index (χ1v) is 11.2. The van der Waals surface area contributed by atoms with E-state index in [-0.39, 0.29) is 12.0 Å². The Morgan fingerprint density at radius 2 is 1.90 bits per heavy atom. The van der Waals surface area contributed by atoms with E-state index in [4.69, 9.17) is 26.4 Å². The quantitative estimate of drug-likeness (QED) is 0.529. The molecular formula is C24H28N2O4S. The molecule has 2 aromatic rings. The van der Waals surface area contributed by atoms with Crippen molar-refractivity contribution in [2.24, 2.45) is 5.92 Å². The lowest BCUT2D eigenvalue weighted by molar-refractivity contribution is -0.159. The molecule has 2 aliphatic heterocycles. The van der Waals surface area contributed by atoms with Crippen LogP contribution in [-0.4, -0.2) is 30.0 Å². The molecule has 2 heterocycles. The molecule has 164 valence electrons. The second kappa shape index (κ2) is 8.38. The van der Waals surface area contributed by atoms with Crippen LogP contribution in [0, 0.1) is 5.92 Å². The Labute approximate surface area is 188 Å². The molecule has 0 radical (unpaired) electrons. The van der Waals surface area contributed by atoms with Crippen LogP contribution in [0.1, 0.15) is 44.9 Å². The van der Waals surface area contributed by atoms with Crippen molar-refractivity contribution in [3.8, 4) is 11.5 Å². The van der Waals surface area contributed by atoms with Gasteiger partial charge in [-0.2, -0.15) is 0 Å². The van der Waals surface area contributed by atoms with Gasteiger partial charge in [0.25, 0.3) is 0 Å². The smallest absolute Gasteiger partial charge is 0.317 e. The lowest BCUT2D eigenvalue weighted by Crippen LogP contribution is -2.71. The fraction of sp³-hybridized carbons (Fsp3) is 0.417. The van der Waals surface area contributed by atoms with Crippen LogP contribution in [0.25, 0.3) is 0 Å². The fourth-order valence-electron chi connectivity index (χ4n) is 4.50. The van der Waals surface area contributed by atoms with Gasteiger partial charge in [-0.05, 0) is 63.2 Å². The van der Waals surface area contributed by atoms with E-state index in [2.05, 4.69) is 24.4 Å². The van der Waals surface area contributed by atoms with Crippen LogP contribution in [0.2, 0.25) is 0 Å². The van der Waals surface area contributed by atoms with Crippen molar-refractivity contribution in [1.29, 1.82) is 0 Å². The lowest BCUT2D eigenvalue weighted by atomic mass is 9.79. The molecule has 6 nitrogen and oxygen atoms in total. The van der Waals surface area contributed by atoms with Crippen LogP contribution in [0.4, 0.5) is 5.69 Å². The van der Waals surface area contributed by atoms with E-state index >= 15 is 0 Å². The van der Waals surface area contributed by atoms with Gasteiger partial charge in [0.2, 0.25) is 5.72 Å². The van der Waals surface area contributed by atoms with Crippen molar-refractivity contribution >= 4 is 29.0 Å². The predicted molar refractivity (Wildman–Crippen MR) is 124 cm³/mol. The normalized spacial score (nSPS) is 24.0. The van der Waals surface area contributed by atoms with Gasteiger partial charge >= 0.3 is 5.97 Å². The lowest BCUT2D eigenvalue weighted by Gasteiger charge is -2.55. The summed E-state index contributed by atoms with van der Waals surface area (Å²) in [4.78, 5) is 15.1. The summed E-state index contributed by atoms with van der Waals surface area (Å²) in [5, 5.41) is 3.89. The molecule has 31 heavy (non-hydrogen) atoms. The van der Waals surface area contributed by atoms with Gasteiger partial charge in [-0.25, -0.2) is 0 Å². The third-order valence-corrected chi connectivity index (χ3v) is 6.23. The second-order valence-corrected chi connectivity index (χ2v) is 8.16. The van der Waals surface area contributed by atoms with Crippen LogP contribution < -0.4 is 19.7 Å². The molecule has 2 bridgehead atoms. The SMILES string of the molecule is CCOC(=O)[C@H]1[C@@H]2NC(=S)N(c3ccc(CC)cc3)[C@@]1(C)Oc1c(OCC)cccc12. The molecule has 0 saturated carbocycles. The molecule has 1 N–H and O–H groups in total. The molecular weight excluding hydrogens is 412 g/mol. The molecule has 1 saturated heterocycles. The first-order chi connectivity index (χ1) is 14.9. The summed E-state index contributed by atoms with van der Waals surface area (Å²) in [6, 6.07) is 13.5. The molecule has 0 amide bonds. The number of para-hydroxylation sites is 1. The van der Waals surface area contributed by atoms with Crippen LogP contribution in [-0.2, 0) is 16.0 Å². The number of aryl methyl sites for hydroxylation is 1. The maximum Gasteiger partial charge on any atom is 0.317 e. The van der Waals surface area contributed by atoms with Crippen molar-refractivity contribution in [3.63, 3.8) is 0 Å². The van der Waals surface area contributed by atoms with E-state index in [1.165, 1.54) is 5.56 Å². The summed E-state index contributed by atoms with van der Waals surface area (Å²) in [5.41, 5.74) is 1.82. The zero-order valence-corrected chi connectivity index (χ0v) is 19.1. The Balaban J connectivity index is 1.88. The maximum absolute atomic E-state index is 13.2. The summed E-state index contributed by atoms with van der Waals surface area (Å²) in [6.07, 6.45) is 0.940. The largest absolute Gasteiger partial charge is 0.490 e. The number of hydrogen-bond donors (Lipinski definition) is 1. The first-order valence-electron chi connectivity index (χ1n) is 10.8. The maximum atomic E-state index is 13.2. The molecule has 0 aromatic heterocycles. The van der Waals surface area contributed by atoms with E-state index in [0.29, 0.717) is 29.8 Å². The number of thiocarbonyl (C=S) groups is 1. The molecule has 0 aliphatic carbocycles. The number of benzene rings is 2. The summed E-state index contributed by atoms with van der Waals surface area (Å²) in [7, 11) is 0. The average molecular weight is 441 g/mol. The average Bonchev–Trinajstić information content (AvgIpc) is 2.74. The van der Waals surface area contributed by atoms with Crippen molar-refractivity contribution < 1.29 is 19.0 Å². The number of anilines is 1. The predicted octanol–water partition coefficient (Wildman–Crippen LogP) is 4.37. The number of carbonyl (C=O) groups excluding carboxylic acids is 1. The number of nitrogens with one attached hydrogen (secondary N) is 1. The zero-order chi connectivity index (χ0) is 22.2. The summed E-state index contributed by atoms with van der Waals surface area (Å²) in [5.74, 6) is 0.319. The zero-order valence-electron chi connectivity index (χ0n) is 18.3. The topological polar surface area (TPSA) is 60.0 Å². The summed E-state index contributed by atoms with van der Waals surface area (Å²) < 4.78 is 17.9. The standard InChI is InChI=1S/C24H28N2O4S/c1-5-15-11-13-16(14-12-15)26-23(31)25-20-17-9-8-10-18(28-6-2)21(17)30-24(26,4)19(20)22(27)29-7-3/h8-14,19-20H,5-7H2,1-4H3,(H,25,31)/t19-,20-,24+/m1/s1. The fourth-order valence-corrected chi connectivity index (χ4v) is 4.91. The third kappa shape index (κ3) is 3.51. The van der Waals surface area contributed by atoms with Crippen LogP contribution >= 0.6 is 12.2 Å². The van der Waals surface area contributed by atoms with E-state index in [9.17, 15) is 4.79 Å². The highest BCUT2D eigenvalue weighted by molar-refractivity contribution is 7.80. The number of carbonyl (C=O) groups is 1. The van der Waals surface area contributed by atoms with Gasteiger partial charge in [0.05, 0.1) is 19.3 Å². The number of ether oxygens (including phenoxy) is 3. The van der Waals surface area contributed by atoms with E-state index < -0.39 is 11.6 Å². The number of fused-ring (bicyclic) bond motifs is 4. The van der Waals surface area contributed by atoms with Gasteiger partial charge in [-0.1, -0.05) is 31.2 Å². The molecule has 4 rings (SSSR count). The van der Waals surface area contributed by atoms with Gasteiger partial charge in [0.15, 0.2) is 16.6 Å². The van der Waals surface area contributed by atoms with Gasteiger partial charge in [0.1, 0.15) is 5.92 Å². The van der Waals surface area contributed by atoms with E-state index in [1.807, 2.05) is 49.1 Å². The summed E-state index contributed by atoms with van der Waals surface area (Å²) in [6.45, 7) is 8.55. The Bertz CT molecular complexity index is 994. The Hall–Kier alpha value is -2.80. The van der Waals surface area contributed by atoms with Gasteiger partial charge in [-0.3, -0.25) is 9.69 Å². The Morgan fingerprint density at radius 3 is 2.55 bits per heavy atom. The Morgan fingerprint density at radius 1 is 1.16 bits per heavy atom. The molecule has 2 aliphatic rings. The highest BCUT2D eigenvalue weighted by atomic mass is 32.1. The van der Waals surface area contributed by atoms with E-state index in [1.54, 1.807) is 6.92 Å². The minimum Gasteiger partial charge on any atom is -0.490 e.